The Morgan fingerprint density at radius 1 is 1.27 bits per heavy atom. The molecule has 80 valence electrons. The quantitative estimate of drug-likeness (QED) is 0.741. The van der Waals surface area contributed by atoms with Crippen LogP contribution in [-0.4, -0.2) is 9.78 Å². The van der Waals surface area contributed by atoms with Gasteiger partial charge in [-0.25, -0.2) is 4.68 Å². The molecule has 0 aliphatic heterocycles. The molecule has 1 aromatic carbocycles. The van der Waals surface area contributed by atoms with Crippen molar-refractivity contribution >= 4 is 10.9 Å². The summed E-state index contributed by atoms with van der Waals surface area (Å²) in [6.07, 6.45) is 1.46. The number of benzene rings is 1. The van der Waals surface area contributed by atoms with E-state index in [0.717, 1.165) is 15.6 Å². The molecular weight excluding hydrogens is 198 g/mol. The fourth-order valence-electron chi connectivity index (χ4n) is 1.57. The van der Waals surface area contributed by atoms with E-state index in [-0.39, 0.29) is 0 Å². The van der Waals surface area contributed by atoms with Crippen molar-refractivity contribution in [2.45, 2.75) is 26.3 Å². The maximum absolute atomic E-state index is 12.6. The van der Waals surface area contributed by atoms with Crippen LogP contribution >= 0.6 is 0 Å². The highest BCUT2D eigenvalue weighted by atomic mass is 19.3. The molecule has 0 radical (unpaired) electrons. The third-order valence-electron chi connectivity index (χ3n) is 2.47. The Morgan fingerprint density at radius 3 is 2.60 bits per heavy atom. The van der Waals surface area contributed by atoms with Gasteiger partial charge in [0.25, 0.3) is 0 Å². The lowest BCUT2D eigenvalue weighted by atomic mass is 10.0. The number of hydrogen-bond donors (Lipinski definition) is 0. The van der Waals surface area contributed by atoms with E-state index in [4.69, 9.17) is 0 Å². The van der Waals surface area contributed by atoms with Crippen molar-refractivity contribution in [2.24, 2.45) is 0 Å². The Balaban J connectivity index is 2.61. The van der Waals surface area contributed by atoms with Gasteiger partial charge in [-0.3, -0.25) is 0 Å². The number of hydrogen-bond acceptors (Lipinski definition) is 1. The number of alkyl halides is 2. The smallest absolute Gasteiger partial charge is 0.204 e. The van der Waals surface area contributed by atoms with Crippen molar-refractivity contribution in [3.63, 3.8) is 0 Å². The summed E-state index contributed by atoms with van der Waals surface area (Å²) in [6.45, 7) is 1.49. The van der Waals surface area contributed by atoms with Crippen molar-refractivity contribution in [1.29, 1.82) is 0 Å². The topological polar surface area (TPSA) is 17.8 Å². The zero-order valence-electron chi connectivity index (χ0n) is 8.61. The van der Waals surface area contributed by atoms with Crippen LogP contribution in [0.15, 0.2) is 24.4 Å². The maximum Gasteiger partial charge on any atom is 0.333 e. The minimum Gasteiger partial charge on any atom is -0.204 e. The van der Waals surface area contributed by atoms with Crippen LogP contribution in [0.3, 0.4) is 0 Å². The SMILES string of the molecule is CC(C)c1ccc2cnn(C(F)F)c2c1. The molecule has 0 saturated heterocycles. The minimum atomic E-state index is -2.58. The normalized spacial score (nSPS) is 11.9. The van der Waals surface area contributed by atoms with Crippen molar-refractivity contribution in [2.75, 3.05) is 0 Å². The Labute approximate surface area is 86.5 Å². The lowest BCUT2D eigenvalue weighted by Gasteiger charge is -2.06. The third kappa shape index (κ3) is 1.71. The molecule has 1 heterocycles. The first-order valence-electron chi connectivity index (χ1n) is 4.85. The van der Waals surface area contributed by atoms with Crippen LogP contribution in [0.1, 0.15) is 31.9 Å². The maximum atomic E-state index is 12.6. The summed E-state index contributed by atoms with van der Waals surface area (Å²) in [5.74, 6) is 0.329. The van der Waals surface area contributed by atoms with Gasteiger partial charge < -0.3 is 0 Å². The molecule has 15 heavy (non-hydrogen) atoms. The van der Waals surface area contributed by atoms with E-state index in [0.29, 0.717) is 11.4 Å². The molecule has 2 aromatic rings. The molecule has 0 unspecified atom stereocenters. The van der Waals surface area contributed by atoms with Gasteiger partial charge in [-0.2, -0.15) is 13.9 Å². The number of nitrogens with zero attached hydrogens (tertiary/aromatic N) is 2. The highest BCUT2D eigenvalue weighted by Gasteiger charge is 2.12. The predicted octanol–water partition coefficient (Wildman–Crippen LogP) is 3.55. The van der Waals surface area contributed by atoms with Crippen LogP contribution in [0, 0.1) is 0 Å². The Morgan fingerprint density at radius 2 is 2.00 bits per heavy atom. The van der Waals surface area contributed by atoms with E-state index in [1.54, 1.807) is 6.07 Å². The summed E-state index contributed by atoms with van der Waals surface area (Å²) in [5, 5.41) is 4.41. The van der Waals surface area contributed by atoms with Gasteiger partial charge in [-0.1, -0.05) is 26.0 Å². The largest absolute Gasteiger partial charge is 0.333 e. The fourth-order valence-corrected chi connectivity index (χ4v) is 1.57. The molecule has 0 aliphatic carbocycles. The van der Waals surface area contributed by atoms with Crippen molar-refractivity contribution in [3.05, 3.63) is 30.0 Å². The standard InChI is InChI=1S/C11H12F2N2/c1-7(2)8-3-4-9-6-14-15(11(12)13)10(9)5-8/h3-7,11H,1-2H3. The molecule has 0 fully saturated rings. The summed E-state index contributed by atoms with van der Waals surface area (Å²) >= 11 is 0. The van der Waals surface area contributed by atoms with Gasteiger partial charge in [0, 0.05) is 5.39 Å². The third-order valence-corrected chi connectivity index (χ3v) is 2.47. The van der Waals surface area contributed by atoms with Crippen LogP contribution in [0.25, 0.3) is 10.9 Å². The number of aromatic nitrogens is 2. The van der Waals surface area contributed by atoms with Gasteiger partial charge in [0.15, 0.2) is 0 Å². The molecule has 4 heteroatoms. The second-order valence-electron chi connectivity index (χ2n) is 3.84. The van der Waals surface area contributed by atoms with Crippen LogP contribution in [0.2, 0.25) is 0 Å². The zero-order chi connectivity index (χ0) is 11.0. The summed E-state index contributed by atoms with van der Waals surface area (Å²) < 4.78 is 25.9. The second kappa shape index (κ2) is 3.61. The average Bonchev–Trinajstić information content (AvgIpc) is 2.59. The molecule has 0 saturated carbocycles. The van der Waals surface area contributed by atoms with Crippen LogP contribution in [0.5, 0.6) is 0 Å². The highest BCUT2D eigenvalue weighted by Crippen LogP contribution is 2.24. The molecule has 0 amide bonds. The van der Waals surface area contributed by atoms with E-state index >= 15 is 0 Å². The molecule has 0 atom stereocenters. The zero-order valence-corrected chi connectivity index (χ0v) is 8.61. The van der Waals surface area contributed by atoms with Gasteiger partial charge in [-0.15, -0.1) is 0 Å². The summed E-state index contributed by atoms with van der Waals surface area (Å²) in [4.78, 5) is 0. The van der Waals surface area contributed by atoms with E-state index in [1.165, 1.54) is 6.20 Å². The lowest BCUT2D eigenvalue weighted by Crippen LogP contribution is -1.99. The molecule has 2 nitrogen and oxygen atoms in total. The minimum absolute atomic E-state index is 0.329. The van der Waals surface area contributed by atoms with Crippen LogP contribution in [-0.2, 0) is 0 Å². The predicted molar refractivity (Wildman–Crippen MR) is 55.1 cm³/mol. The summed E-state index contributed by atoms with van der Waals surface area (Å²) in [6, 6.07) is 5.56. The number of rotatable bonds is 2. The van der Waals surface area contributed by atoms with E-state index in [9.17, 15) is 8.78 Å². The number of fused-ring (bicyclic) bond motifs is 1. The van der Waals surface area contributed by atoms with Gasteiger partial charge in [0.1, 0.15) is 0 Å². The Kier molecular flexibility index (Phi) is 2.42. The molecule has 0 spiro atoms. The van der Waals surface area contributed by atoms with Gasteiger partial charge in [-0.05, 0) is 17.5 Å². The second-order valence-corrected chi connectivity index (χ2v) is 3.84. The van der Waals surface area contributed by atoms with Crippen molar-refractivity contribution in [1.82, 2.24) is 9.78 Å². The van der Waals surface area contributed by atoms with Crippen molar-refractivity contribution < 1.29 is 8.78 Å². The first-order chi connectivity index (χ1) is 7.09. The number of halogens is 2. The van der Waals surface area contributed by atoms with Gasteiger partial charge >= 0.3 is 6.55 Å². The first kappa shape index (κ1) is 10.1. The van der Waals surface area contributed by atoms with Gasteiger partial charge in [0.2, 0.25) is 0 Å². The Bertz CT molecular complexity index is 474. The van der Waals surface area contributed by atoms with E-state index in [1.807, 2.05) is 26.0 Å². The average molecular weight is 210 g/mol. The first-order valence-corrected chi connectivity index (χ1v) is 4.85. The molecule has 0 bridgehead atoms. The summed E-state index contributed by atoms with van der Waals surface area (Å²) in [7, 11) is 0. The lowest BCUT2D eigenvalue weighted by molar-refractivity contribution is 0.0615. The Hall–Kier alpha value is -1.45. The monoisotopic (exact) mass is 210 g/mol. The molecule has 2 rings (SSSR count). The molecule has 1 aromatic heterocycles. The van der Waals surface area contributed by atoms with Crippen LogP contribution < -0.4 is 0 Å². The summed E-state index contributed by atoms with van der Waals surface area (Å²) in [5.41, 5.74) is 1.54. The van der Waals surface area contributed by atoms with Crippen molar-refractivity contribution in [3.8, 4) is 0 Å². The van der Waals surface area contributed by atoms with E-state index < -0.39 is 6.55 Å². The molecular formula is C11H12F2N2. The highest BCUT2D eigenvalue weighted by molar-refractivity contribution is 5.79. The fraction of sp³-hybridized carbons (Fsp3) is 0.364. The molecule has 0 N–H and O–H groups in total. The van der Waals surface area contributed by atoms with Gasteiger partial charge in [0.05, 0.1) is 11.7 Å². The molecule has 0 aliphatic rings. The van der Waals surface area contributed by atoms with E-state index in [2.05, 4.69) is 5.10 Å². The van der Waals surface area contributed by atoms with Crippen LogP contribution in [0.4, 0.5) is 8.78 Å².